The summed E-state index contributed by atoms with van der Waals surface area (Å²) in [4.78, 5) is 17.0. The summed E-state index contributed by atoms with van der Waals surface area (Å²) in [6, 6.07) is 2.03. The molecule has 1 aliphatic heterocycles. The van der Waals surface area contributed by atoms with E-state index in [1.165, 1.54) is 6.20 Å². The van der Waals surface area contributed by atoms with E-state index in [2.05, 4.69) is 20.1 Å². The number of aromatic nitrogens is 3. The lowest BCUT2D eigenvalue weighted by atomic mass is 9.97. The second-order valence-electron chi connectivity index (χ2n) is 5.32. The Bertz CT molecular complexity index is 641. The molecule has 1 unspecified atom stereocenters. The highest BCUT2D eigenvalue weighted by Crippen LogP contribution is 2.34. The van der Waals surface area contributed by atoms with Crippen LogP contribution in [0.25, 0.3) is 0 Å². The van der Waals surface area contributed by atoms with Gasteiger partial charge in [-0.1, -0.05) is 0 Å². The van der Waals surface area contributed by atoms with Crippen LogP contribution in [-0.2, 0) is 0 Å². The van der Waals surface area contributed by atoms with Crippen molar-refractivity contribution in [3.63, 3.8) is 0 Å². The Hall–Kier alpha value is -2.44. The molecule has 3 rings (SSSR count). The van der Waals surface area contributed by atoms with Crippen molar-refractivity contribution in [2.24, 2.45) is 0 Å². The second-order valence-corrected chi connectivity index (χ2v) is 5.32. The highest BCUT2D eigenvalue weighted by molar-refractivity contribution is 5.50. The average molecular weight is 287 g/mol. The van der Waals surface area contributed by atoms with E-state index in [4.69, 9.17) is 0 Å². The van der Waals surface area contributed by atoms with Gasteiger partial charge in [0, 0.05) is 23.9 Å². The Morgan fingerprint density at radius 1 is 1.43 bits per heavy atom. The summed E-state index contributed by atoms with van der Waals surface area (Å²) in [6.07, 6.45) is 8.40. The van der Waals surface area contributed by atoms with Crippen LogP contribution < -0.4 is 4.90 Å². The molecule has 0 amide bonds. The predicted octanol–water partition coefficient (Wildman–Crippen LogP) is 2.75. The lowest BCUT2D eigenvalue weighted by Gasteiger charge is -2.36. The molecule has 21 heavy (non-hydrogen) atoms. The number of hydrogen-bond donors (Lipinski definition) is 1. The number of aromatic amines is 1. The molecule has 0 spiro atoms. The molecule has 0 aliphatic carbocycles. The molecule has 3 heterocycles. The number of hydrogen-bond acceptors (Lipinski definition) is 5. The summed E-state index contributed by atoms with van der Waals surface area (Å²) < 4.78 is 0. The number of piperidine rings is 1. The fourth-order valence-electron chi connectivity index (χ4n) is 2.88. The number of H-pyrrole nitrogens is 1. The van der Waals surface area contributed by atoms with Gasteiger partial charge in [0.05, 0.1) is 17.2 Å². The summed E-state index contributed by atoms with van der Waals surface area (Å²) in [5.41, 5.74) is 1.84. The zero-order valence-electron chi connectivity index (χ0n) is 11.8. The molecule has 7 heteroatoms. The first kappa shape index (κ1) is 13.5. The molecule has 0 aromatic carbocycles. The monoisotopic (exact) mass is 287 g/mol. The number of nitrogens with one attached hydrogen (secondary N) is 1. The fraction of sp³-hybridized carbons (Fsp3) is 0.429. The predicted molar refractivity (Wildman–Crippen MR) is 78.2 cm³/mol. The molecule has 2 aromatic rings. The number of nitrogens with zero attached hydrogens (tertiary/aromatic N) is 4. The quantitative estimate of drug-likeness (QED) is 0.692. The van der Waals surface area contributed by atoms with Gasteiger partial charge in [0.15, 0.2) is 0 Å². The third kappa shape index (κ3) is 2.58. The van der Waals surface area contributed by atoms with Crippen LogP contribution in [-0.4, -0.2) is 26.6 Å². The van der Waals surface area contributed by atoms with Crippen molar-refractivity contribution in [2.45, 2.75) is 32.2 Å². The standard InChI is InChI=1S/C14H17N5O2/c1-10-6-14(15-9-13(10)19(20)21)18-5-3-2-4-12(18)11-7-16-17-8-11/h6-9,12H,2-5H2,1H3,(H,16,17). The Morgan fingerprint density at radius 3 is 2.95 bits per heavy atom. The van der Waals surface area contributed by atoms with Gasteiger partial charge in [-0.05, 0) is 32.3 Å². The Morgan fingerprint density at radius 2 is 2.29 bits per heavy atom. The molecule has 0 bridgehead atoms. The maximum atomic E-state index is 10.9. The van der Waals surface area contributed by atoms with E-state index in [1.807, 2.05) is 12.4 Å². The van der Waals surface area contributed by atoms with Crippen LogP contribution in [0, 0.1) is 17.0 Å². The van der Waals surface area contributed by atoms with Crippen molar-refractivity contribution in [3.8, 4) is 0 Å². The van der Waals surface area contributed by atoms with Crippen molar-refractivity contribution < 1.29 is 4.92 Å². The normalized spacial score (nSPS) is 18.7. The van der Waals surface area contributed by atoms with Crippen LogP contribution >= 0.6 is 0 Å². The summed E-state index contributed by atoms with van der Waals surface area (Å²) in [6.45, 7) is 2.65. The molecule has 1 atom stereocenters. The summed E-state index contributed by atoms with van der Waals surface area (Å²) >= 11 is 0. The van der Waals surface area contributed by atoms with Gasteiger partial charge in [0.2, 0.25) is 0 Å². The second kappa shape index (κ2) is 5.51. The minimum atomic E-state index is -0.393. The average Bonchev–Trinajstić information content (AvgIpc) is 3.01. The van der Waals surface area contributed by atoms with Crippen LogP contribution in [0.4, 0.5) is 11.5 Å². The highest BCUT2D eigenvalue weighted by atomic mass is 16.6. The summed E-state index contributed by atoms with van der Waals surface area (Å²) in [7, 11) is 0. The van der Waals surface area contributed by atoms with Crippen LogP contribution in [0.15, 0.2) is 24.7 Å². The topological polar surface area (TPSA) is 88.0 Å². The Labute approximate surface area is 122 Å². The van der Waals surface area contributed by atoms with Gasteiger partial charge in [-0.25, -0.2) is 4.98 Å². The van der Waals surface area contributed by atoms with Crippen molar-refractivity contribution in [3.05, 3.63) is 45.9 Å². The maximum Gasteiger partial charge on any atom is 0.290 e. The minimum absolute atomic E-state index is 0.0654. The van der Waals surface area contributed by atoms with Crippen LogP contribution in [0.2, 0.25) is 0 Å². The van der Waals surface area contributed by atoms with Gasteiger partial charge in [-0.2, -0.15) is 5.10 Å². The van der Waals surface area contributed by atoms with Gasteiger partial charge in [-0.15, -0.1) is 0 Å². The molecule has 1 aliphatic rings. The number of pyridine rings is 1. The van der Waals surface area contributed by atoms with E-state index in [-0.39, 0.29) is 11.7 Å². The number of aryl methyl sites for hydroxylation is 1. The first-order valence-electron chi connectivity index (χ1n) is 7.03. The third-order valence-corrected chi connectivity index (χ3v) is 3.97. The van der Waals surface area contributed by atoms with Gasteiger partial charge in [0.25, 0.3) is 5.69 Å². The molecule has 1 fully saturated rings. The van der Waals surface area contributed by atoms with Crippen molar-refractivity contribution >= 4 is 11.5 Å². The molecular formula is C14H17N5O2. The number of rotatable bonds is 3. The Balaban J connectivity index is 1.93. The lowest BCUT2D eigenvalue weighted by molar-refractivity contribution is -0.385. The van der Waals surface area contributed by atoms with Crippen LogP contribution in [0.3, 0.4) is 0 Å². The molecule has 2 aromatic heterocycles. The van der Waals surface area contributed by atoms with Gasteiger partial charge < -0.3 is 4.90 Å². The third-order valence-electron chi connectivity index (χ3n) is 3.97. The molecular weight excluding hydrogens is 270 g/mol. The molecule has 0 radical (unpaired) electrons. The van der Waals surface area contributed by atoms with Crippen molar-refractivity contribution in [1.29, 1.82) is 0 Å². The first-order chi connectivity index (χ1) is 10.2. The van der Waals surface area contributed by atoms with Gasteiger partial charge in [0.1, 0.15) is 12.0 Å². The van der Waals surface area contributed by atoms with Crippen LogP contribution in [0.5, 0.6) is 0 Å². The van der Waals surface area contributed by atoms with E-state index in [1.54, 1.807) is 13.0 Å². The van der Waals surface area contributed by atoms with Crippen molar-refractivity contribution in [1.82, 2.24) is 15.2 Å². The fourth-order valence-corrected chi connectivity index (χ4v) is 2.88. The molecule has 1 saturated heterocycles. The Kier molecular flexibility index (Phi) is 3.55. The van der Waals surface area contributed by atoms with Gasteiger partial charge >= 0.3 is 0 Å². The highest BCUT2D eigenvalue weighted by Gasteiger charge is 2.26. The largest absolute Gasteiger partial charge is 0.349 e. The summed E-state index contributed by atoms with van der Waals surface area (Å²) in [5.74, 6) is 0.795. The summed E-state index contributed by atoms with van der Waals surface area (Å²) in [5, 5.41) is 17.8. The van der Waals surface area contributed by atoms with E-state index < -0.39 is 4.92 Å². The van der Waals surface area contributed by atoms with Crippen LogP contribution in [0.1, 0.15) is 36.4 Å². The van der Waals surface area contributed by atoms with E-state index >= 15 is 0 Å². The molecule has 7 nitrogen and oxygen atoms in total. The molecule has 1 N–H and O–H groups in total. The smallest absolute Gasteiger partial charge is 0.290 e. The lowest BCUT2D eigenvalue weighted by Crippen LogP contribution is -2.33. The minimum Gasteiger partial charge on any atom is -0.349 e. The SMILES string of the molecule is Cc1cc(N2CCCCC2c2cn[nH]c2)ncc1[N+](=O)[O-]. The van der Waals surface area contributed by atoms with Gasteiger partial charge in [-0.3, -0.25) is 15.2 Å². The molecule has 110 valence electrons. The first-order valence-corrected chi connectivity index (χ1v) is 7.03. The van der Waals surface area contributed by atoms with E-state index in [0.717, 1.165) is 37.2 Å². The van der Waals surface area contributed by atoms with E-state index in [0.29, 0.717) is 5.56 Å². The van der Waals surface area contributed by atoms with Crippen molar-refractivity contribution in [2.75, 3.05) is 11.4 Å². The zero-order chi connectivity index (χ0) is 14.8. The number of anilines is 1. The zero-order valence-corrected chi connectivity index (χ0v) is 11.8. The van der Waals surface area contributed by atoms with E-state index in [9.17, 15) is 10.1 Å². The number of nitro groups is 1. The molecule has 0 saturated carbocycles. The maximum absolute atomic E-state index is 10.9.